The van der Waals surface area contributed by atoms with E-state index in [1.54, 1.807) is 6.07 Å². The molecule has 1 aromatic heterocycles. The molecular weight excluding hydrogens is 398 g/mol. The van der Waals surface area contributed by atoms with Gasteiger partial charge >= 0.3 is 0 Å². The van der Waals surface area contributed by atoms with E-state index in [-0.39, 0.29) is 18.1 Å². The summed E-state index contributed by atoms with van der Waals surface area (Å²) >= 11 is 3.36. The molecule has 0 saturated heterocycles. The third kappa shape index (κ3) is 4.27. The highest BCUT2D eigenvalue weighted by Crippen LogP contribution is 2.19. The number of hydrogen-bond acceptors (Lipinski definition) is 5. The van der Waals surface area contributed by atoms with E-state index in [9.17, 15) is 13.2 Å². The van der Waals surface area contributed by atoms with Gasteiger partial charge in [0.05, 0.1) is 11.8 Å². The Hall–Kier alpha value is -2.06. The molecule has 0 aliphatic carbocycles. The predicted molar refractivity (Wildman–Crippen MR) is 91.4 cm³/mol. The molecule has 1 aliphatic rings. The second-order valence-electron chi connectivity index (χ2n) is 5.25. The lowest BCUT2D eigenvalue weighted by Crippen LogP contribution is -2.35. The van der Waals surface area contributed by atoms with Gasteiger partial charge in [-0.3, -0.25) is 4.79 Å². The van der Waals surface area contributed by atoms with Crippen LogP contribution in [0, 0.1) is 0 Å². The molecule has 1 unspecified atom stereocenters. The SMILES string of the molecule is O=C(NC1C=CS(=O)(=O)C1)c1ccc(COc2cccc(Br)c2)o1. The molecule has 6 nitrogen and oxygen atoms in total. The maximum Gasteiger partial charge on any atom is 0.287 e. The van der Waals surface area contributed by atoms with E-state index < -0.39 is 21.8 Å². The first kappa shape index (κ1) is 16.8. The van der Waals surface area contributed by atoms with Crippen molar-refractivity contribution in [3.05, 3.63) is 63.9 Å². The molecule has 3 rings (SSSR count). The number of sulfone groups is 1. The van der Waals surface area contributed by atoms with Crippen LogP contribution < -0.4 is 10.1 Å². The first-order valence-corrected chi connectivity index (χ1v) is 9.61. The van der Waals surface area contributed by atoms with Gasteiger partial charge < -0.3 is 14.5 Å². The smallest absolute Gasteiger partial charge is 0.287 e. The molecule has 1 aromatic carbocycles. The van der Waals surface area contributed by atoms with Crippen molar-refractivity contribution in [1.29, 1.82) is 0 Å². The van der Waals surface area contributed by atoms with Crippen LogP contribution in [0.5, 0.6) is 5.75 Å². The molecule has 2 heterocycles. The summed E-state index contributed by atoms with van der Waals surface area (Å²) in [4.78, 5) is 12.1. The third-order valence-electron chi connectivity index (χ3n) is 3.31. The fourth-order valence-electron chi connectivity index (χ4n) is 2.19. The highest BCUT2D eigenvalue weighted by Gasteiger charge is 2.24. The van der Waals surface area contributed by atoms with E-state index >= 15 is 0 Å². The van der Waals surface area contributed by atoms with Gasteiger partial charge in [0.2, 0.25) is 0 Å². The lowest BCUT2D eigenvalue weighted by molar-refractivity contribution is 0.0915. The molecule has 126 valence electrons. The monoisotopic (exact) mass is 411 g/mol. The molecule has 1 atom stereocenters. The summed E-state index contributed by atoms with van der Waals surface area (Å²) in [6, 6.07) is 10.0. The van der Waals surface area contributed by atoms with Crippen molar-refractivity contribution in [2.75, 3.05) is 5.75 Å². The zero-order valence-corrected chi connectivity index (χ0v) is 14.8. The first-order valence-electron chi connectivity index (χ1n) is 7.10. The average Bonchev–Trinajstić information content (AvgIpc) is 3.12. The maximum absolute atomic E-state index is 12.1. The highest BCUT2D eigenvalue weighted by atomic mass is 79.9. The number of rotatable bonds is 5. The topological polar surface area (TPSA) is 85.6 Å². The van der Waals surface area contributed by atoms with Crippen molar-refractivity contribution in [1.82, 2.24) is 5.32 Å². The molecule has 0 fully saturated rings. The number of amides is 1. The van der Waals surface area contributed by atoms with Crippen LogP contribution in [0.25, 0.3) is 0 Å². The largest absolute Gasteiger partial charge is 0.486 e. The zero-order chi connectivity index (χ0) is 17.2. The molecule has 0 bridgehead atoms. The minimum Gasteiger partial charge on any atom is -0.486 e. The van der Waals surface area contributed by atoms with Gasteiger partial charge in [-0.25, -0.2) is 8.42 Å². The van der Waals surface area contributed by atoms with E-state index in [2.05, 4.69) is 21.2 Å². The summed E-state index contributed by atoms with van der Waals surface area (Å²) in [5, 5.41) is 3.71. The van der Waals surface area contributed by atoms with Crippen molar-refractivity contribution in [2.45, 2.75) is 12.6 Å². The van der Waals surface area contributed by atoms with E-state index in [0.29, 0.717) is 11.5 Å². The normalized spacial score (nSPS) is 18.5. The van der Waals surface area contributed by atoms with Gasteiger partial charge in [0, 0.05) is 9.88 Å². The fraction of sp³-hybridized carbons (Fsp3) is 0.188. The van der Waals surface area contributed by atoms with Gasteiger partial charge in [-0.1, -0.05) is 22.0 Å². The molecule has 8 heteroatoms. The highest BCUT2D eigenvalue weighted by molar-refractivity contribution is 9.10. The Kier molecular flexibility index (Phi) is 4.77. The standard InChI is InChI=1S/C16H14BrNO5S/c17-11-2-1-3-13(8-11)22-9-14-4-5-15(23-14)16(19)18-12-6-7-24(20,21)10-12/h1-8,12H,9-10H2,(H,18,19). The van der Waals surface area contributed by atoms with Crippen LogP contribution in [-0.2, 0) is 16.4 Å². The second-order valence-corrected chi connectivity index (χ2v) is 8.10. The van der Waals surface area contributed by atoms with Crippen LogP contribution in [0.2, 0.25) is 0 Å². The Morgan fingerprint density at radius 2 is 2.17 bits per heavy atom. The molecule has 0 spiro atoms. The second kappa shape index (κ2) is 6.82. The van der Waals surface area contributed by atoms with Gasteiger partial charge in [-0.05, 0) is 36.4 Å². The van der Waals surface area contributed by atoms with E-state index in [1.165, 1.54) is 12.1 Å². The number of ether oxygens (including phenoxy) is 1. The third-order valence-corrected chi connectivity index (χ3v) is 5.20. The summed E-state index contributed by atoms with van der Waals surface area (Å²) in [7, 11) is -3.21. The molecule has 1 amide bonds. The predicted octanol–water partition coefficient (Wildman–Crippen LogP) is 2.66. The van der Waals surface area contributed by atoms with Crippen LogP contribution in [0.3, 0.4) is 0 Å². The average molecular weight is 412 g/mol. The summed E-state index contributed by atoms with van der Waals surface area (Å²) < 4.78 is 34.6. The van der Waals surface area contributed by atoms with Crippen molar-refractivity contribution in [2.24, 2.45) is 0 Å². The first-order chi connectivity index (χ1) is 11.4. The maximum atomic E-state index is 12.1. The van der Waals surface area contributed by atoms with Crippen molar-refractivity contribution in [3.63, 3.8) is 0 Å². The van der Waals surface area contributed by atoms with Crippen molar-refractivity contribution in [3.8, 4) is 5.75 Å². The van der Waals surface area contributed by atoms with Gasteiger partial charge in [0.15, 0.2) is 15.6 Å². The van der Waals surface area contributed by atoms with Gasteiger partial charge in [0.1, 0.15) is 18.1 Å². The fourth-order valence-corrected chi connectivity index (χ4v) is 3.81. The van der Waals surface area contributed by atoms with Crippen molar-refractivity contribution >= 4 is 31.7 Å². The zero-order valence-electron chi connectivity index (χ0n) is 12.4. The van der Waals surface area contributed by atoms with E-state index in [0.717, 1.165) is 9.88 Å². The minimum atomic E-state index is -3.21. The Balaban J connectivity index is 1.57. The van der Waals surface area contributed by atoms with Crippen LogP contribution in [-0.4, -0.2) is 26.1 Å². The van der Waals surface area contributed by atoms with Crippen LogP contribution in [0.4, 0.5) is 0 Å². The lowest BCUT2D eigenvalue weighted by Gasteiger charge is -2.08. The Labute approximate surface area is 147 Å². The molecule has 2 aromatic rings. The minimum absolute atomic E-state index is 0.112. The lowest BCUT2D eigenvalue weighted by atomic mass is 10.3. The Morgan fingerprint density at radius 1 is 1.33 bits per heavy atom. The van der Waals surface area contributed by atoms with Gasteiger partial charge in [0.25, 0.3) is 5.91 Å². The van der Waals surface area contributed by atoms with Crippen molar-refractivity contribution < 1.29 is 22.4 Å². The molecule has 1 aliphatic heterocycles. The van der Waals surface area contributed by atoms with Crippen LogP contribution in [0.1, 0.15) is 16.3 Å². The summed E-state index contributed by atoms with van der Waals surface area (Å²) in [6.07, 6.45) is 1.45. The van der Waals surface area contributed by atoms with Crippen LogP contribution >= 0.6 is 15.9 Å². The number of benzene rings is 1. The molecular formula is C16H14BrNO5S. The summed E-state index contributed by atoms with van der Waals surface area (Å²) in [5.41, 5.74) is 0. The Morgan fingerprint density at radius 3 is 2.88 bits per heavy atom. The molecule has 1 N–H and O–H groups in total. The van der Waals surface area contributed by atoms with Crippen LogP contribution in [0.15, 0.2) is 56.8 Å². The number of carbonyl (C=O) groups is 1. The Bertz CT molecular complexity index is 887. The van der Waals surface area contributed by atoms with Gasteiger partial charge in [-0.15, -0.1) is 0 Å². The number of hydrogen-bond donors (Lipinski definition) is 1. The molecule has 0 saturated carbocycles. The number of halogens is 1. The molecule has 24 heavy (non-hydrogen) atoms. The summed E-state index contributed by atoms with van der Waals surface area (Å²) in [6.45, 7) is 0.182. The quantitative estimate of drug-likeness (QED) is 0.816. The number of furan rings is 1. The molecule has 0 radical (unpaired) electrons. The van der Waals surface area contributed by atoms with E-state index in [1.807, 2.05) is 24.3 Å². The number of nitrogens with one attached hydrogen (secondary N) is 1. The van der Waals surface area contributed by atoms with Gasteiger partial charge in [-0.2, -0.15) is 0 Å². The number of carbonyl (C=O) groups excluding carboxylic acids is 1. The van der Waals surface area contributed by atoms with E-state index in [4.69, 9.17) is 9.15 Å². The summed E-state index contributed by atoms with van der Waals surface area (Å²) in [5.74, 6) is 0.692.